The lowest BCUT2D eigenvalue weighted by molar-refractivity contribution is 0.0441. The first-order valence-electron chi connectivity index (χ1n) is 8.15. The average molecular weight is 291 g/mol. The Balaban J connectivity index is 1.90. The second-order valence-electron chi connectivity index (χ2n) is 6.36. The summed E-state index contributed by atoms with van der Waals surface area (Å²) in [6, 6.07) is 6.34. The monoisotopic (exact) mass is 291 g/mol. The van der Waals surface area contributed by atoms with Crippen LogP contribution >= 0.6 is 0 Å². The summed E-state index contributed by atoms with van der Waals surface area (Å²) in [5.74, 6) is 0.616. The van der Waals surface area contributed by atoms with Crippen LogP contribution in [0.1, 0.15) is 42.6 Å². The zero-order valence-corrected chi connectivity index (χ0v) is 13.6. The highest BCUT2D eigenvalue weighted by molar-refractivity contribution is 5.30. The van der Waals surface area contributed by atoms with Crippen molar-refractivity contribution in [1.29, 1.82) is 0 Å². The van der Waals surface area contributed by atoms with Crippen LogP contribution in [0.25, 0.3) is 0 Å². The van der Waals surface area contributed by atoms with Gasteiger partial charge in [-0.2, -0.15) is 0 Å². The highest BCUT2D eigenvalue weighted by Crippen LogP contribution is 2.22. The number of β-amino-alcohol motifs (C(OH)–C–C–N with tert-alkyl or cyclic N) is 1. The molecule has 2 rings (SSSR count). The van der Waals surface area contributed by atoms with Crippen molar-refractivity contribution in [2.45, 2.75) is 39.7 Å². The highest BCUT2D eigenvalue weighted by Gasteiger charge is 2.22. The van der Waals surface area contributed by atoms with Crippen molar-refractivity contribution < 1.29 is 9.84 Å². The van der Waals surface area contributed by atoms with E-state index in [1.54, 1.807) is 0 Å². The fourth-order valence-corrected chi connectivity index (χ4v) is 3.29. The maximum Gasteiger partial charge on any atom is 0.0917 e. The molecule has 21 heavy (non-hydrogen) atoms. The molecule has 118 valence electrons. The molecule has 1 aliphatic heterocycles. The van der Waals surface area contributed by atoms with Gasteiger partial charge in [-0.05, 0) is 51.6 Å². The van der Waals surface area contributed by atoms with Crippen molar-refractivity contribution >= 4 is 0 Å². The summed E-state index contributed by atoms with van der Waals surface area (Å²) in [4.78, 5) is 2.38. The molecule has 0 radical (unpaired) electrons. The third-order valence-electron chi connectivity index (χ3n) is 4.22. The molecule has 1 fully saturated rings. The minimum Gasteiger partial charge on any atom is -0.387 e. The van der Waals surface area contributed by atoms with Gasteiger partial charge in [-0.3, -0.25) is 0 Å². The fourth-order valence-electron chi connectivity index (χ4n) is 3.29. The first kappa shape index (κ1) is 16.5. The van der Waals surface area contributed by atoms with Crippen molar-refractivity contribution in [3.63, 3.8) is 0 Å². The van der Waals surface area contributed by atoms with Crippen molar-refractivity contribution in [2.75, 3.05) is 32.8 Å². The van der Waals surface area contributed by atoms with Gasteiger partial charge in [0.15, 0.2) is 0 Å². The van der Waals surface area contributed by atoms with Crippen LogP contribution in [-0.4, -0.2) is 42.9 Å². The Morgan fingerprint density at radius 3 is 2.67 bits per heavy atom. The summed E-state index contributed by atoms with van der Waals surface area (Å²) >= 11 is 0. The summed E-state index contributed by atoms with van der Waals surface area (Å²) in [5, 5.41) is 10.5. The molecule has 0 aromatic heterocycles. The summed E-state index contributed by atoms with van der Waals surface area (Å²) in [7, 11) is 0. The first-order chi connectivity index (χ1) is 10.1. The Labute approximate surface area is 128 Å². The quantitative estimate of drug-likeness (QED) is 0.874. The molecule has 3 nitrogen and oxygen atoms in total. The number of ether oxygens (including phenoxy) is 1. The van der Waals surface area contributed by atoms with Crippen LogP contribution in [0.2, 0.25) is 0 Å². The second kappa shape index (κ2) is 7.92. The number of benzene rings is 1. The molecule has 0 bridgehead atoms. The van der Waals surface area contributed by atoms with Gasteiger partial charge >= 0.3 is 0 Å². The zero-order valence-electron chi connectivity index (χ0n) is 13.6. The number of hydrogen-bond acceptors (Lipinski definition) is 3. The molecule has 1 saturated heterocycles. The Morgan fingerprint density at radius 1 is 1.29 bits per heavy atom. The summed E-state index contributed by atoms with van der Waals surface area (Å²) in [6.45, 7) is 10.7. The summed E-state index contributed by atoms with van der Waals surface area (Å²) in [6.07, 6.45) is 2.06. The maximum atomic E-state index is 10.5. The molecule has 0 saturated carbocycles. The van der Waals surface area contributed by atoms with Gasteiger partial charge in [0.1, 0.15) is 0 Å². The van der Waals surface area contributed by atoms with E-state index < -0.39 is 6.10 Å². The fraction of sp³-hybridized carbons (Fsp3) is 0.667. The van der Waals surface area contributed by atoms with Crippen LogP contribution in [0.3, 0.4) is 0 Å². The van der Waals surface area contributed by atoms with Gasteiger partial charge < -0.3 is 14.7 Å². The van der Waals surface area contributed by atoms with E-state index in [9.17, 15) is 5.11 Å². The van der Waals surface area contributed by atoms with Gasteiger partial charge in [0, 0.05) is 19.7 Å². The van der Waals surface area contributed by atoms with Crippen LogP contribution in [0.4, 0.5) is 0 Å². The van der Waals surface area contributed by atoms with E-state index in [-0.39, 0.29) is 0 Å². The lowest BCUT2D eigenvalue weighted by atomic mass is 9.97. The lowest BCUT2D eigenvalue weighted by Gasteiger charge is -2.33. The average Bonchev–Trinajstić information content (AvgIpc) is 2.44. The molecule has 0 amide bonds. The molecule has 1 aromatic carbocycles. The van der Waals surface area contributed by atoms with Gasteiger partial charge in [0.2, 0.25) is 0 Å². The molecule has 1 aromatic rings. The lowest BCUT2D eigenvalue weighted by Crippen LogP contribution is -2.39. The minimum absolute atomic E-state index is 0.394. The molecule has 2 atom stereocenters. The largest absolute Gasteiger partial charge is 0.387 e. The normalized spacial score (nSPS) is 21.4. The Bertz CT molecular complexity index is 427. The number of aliphatic hydroxyl groups is 1. The Hall–Kier alpha value is -0.900. The maximum absolute atomic E-state index is 10.5. The molecule has 1 heterocycles. The predicted octanol–water partition coefficient (Wildman–Crippen LogP) is 3.09. The van der Waals surface area contributed by atoms with E-state index in [0.717, 1.165) is 38.4 Å². The zero-order chi connectivity index (χ0) is 15.2. The number of nitrogens with zero attached hydrogens (tertiary/aromatic N) is 1. The van der Waals surface area contributed by atoms with Gasteiger partial charge in [0.05, 0.1) is 12.7 Å². The summed E-state index contributed by atoms with van der Waals surface area (Å²) < 4.78 is 5.55. The number of hydrogen-bond donors (Lipinski definition) is 1. The smallest absolute Gasteiger partial charge is 0.0917 e. The minimum atomic E-state index is -0.394. The van der Waals surface area contributed by atoms with Crippen molar-refractivity contribution in [3.05, 3.63) is 34.9 Å². The third kappa shape index (κ3) is 5.10. The van der Waals surface area contributed by atoms with Gasteiger partial charge in [0.25, 0.3) is 0 Å². The summed E-state index contributed by atoms with van der Waals surface area (Å²) in [5.41, 5.74) is 3.48. The van der Waals surface area contributed by atoms with Crippen molar-refractivity contribution in [3.8, 4) is 0 Å². The van der Waals surface area contributed by atoms with E-state index in [1.165, 1.54) is 24.0 Å². The topological polar surface area (TPSA) is 32.7 Å². The SMILES string of the molecule is CCOCC1CCCN(CC(O)c2cc(C)cc(C)c2)C1. The molecule has 2 unspecified atom stereocenters. The molecule has 1 N–H and O–H groups in total. The van der Waals surface area contributed by atoms with Crippen molar-refractivity contribution in [2.24, 2.45) is 5.92 Å². The van der Waals surface area contributed by atoms with E-state index in [2.05, 4.69) is 36.9 Å². The van der Waals surface area contributed by atoms with E-state index in [1.807, 2.05) is 6.92 Å². The van der Waals surface area contributed by atoms with Crippen LogP contribution in [0.5, 0.6) is 0 Å². The molecule has 1 aliphatic rings. The van der Waals surface area contributed by atoms with Crippen LogP contribution < -0.4 is 0 Å². The number of rotatable bonds is 6. The number of likely N-dealkylation sites (tertiary alicyclic amines) is 1. The Morgan fingerprint density at radius 2 is 2.00 bits per heavy atom. The van der Waals surface area contributed by atoms with Crippen molar-refractivity contribution in [1.82, 2.24) is 4.90 Å². The van der Waals surface area contributed by atoms with Crippen LogP contribution in [-0.2, 0) is 4.74 Å². The van der Waals surface area contributed by atoms with E-state index in [0.29, 0.717) is 5.92 Å². The number of aliphatic hydroxyl groups excluding tert-OH is 1. The molecule has 0 aliphatic carbocycles. The van der Waals surface area contributed by atoms with E-state index >= 15 is 0 Å². The highest BCUT2D eigenvalue weighted by atomic mass is 16.5. The second-order valence-corrected chi connectivity index (χ2v) is 6.36. The van der Waals surface area contributed by atoms with E-state index in [4.69, 9.17) is 4.74 Å². The number of aryl methyl sites for hydroxylation is 2. The van der Waals surface area contributed by atoms with Gasteiger partial charge in [-0.1, -0.05) is 29.3 Å². The molecular formula is C18H29NO2. The number of piperidine rings is 1. The van der Waals surface area contributed by atoms with Crippen LogP contribution in [0, 0.1) is 19.8 Å². The molecule has 3 heteroatoms. The van der Waals surface area contributed by atoms with Gasteiger partial charge in [-0.15, -0.1) is 0 Å². The predicted molar refractivity (Wildman–Crippen MR) is 86.5 cm³/mol. The standard InChI is InChI=1S/C18H29NO2/c1-4-21-13-16-6-5-7-19(11-16)12-18(20)17-9-14(2)8-15(3)10-17/h8-10,16,18,20H,4-7,11-13H2,1-3H3. The Kier molecular flexibility index (Phi) is 6.22. The van der Waals surface area contributed by atoms with Gasteiger partial charge in [-0.25, -0.2) is 0 Å². The molecule has 0 spiro atoms. The van der Waals surface area contributed by atoms with Crippen LogP contribution in [0.15, 0.2) is 18.2 Å². The molecular weight excluding hydrogens is 262 g/mol. The third-order valence-corrected chi connectivity index (χ3v) is 4.22. The first-order valence-corrected chi connectivity index (χ1v) is 8.15.